The highest BCUT2D eigenvalue weighted by molar-refractivity contribution is 5.95. The lowest BCUT2D eigenvalue weighted by atomic mass is 9.88. The summed E-state index contributed by atoms with van der Waals surface area (Å²) in [7, 11) is 1.36. The number of carbonyl (C=O) groups is 2. The Kier molecular flexibility index (Phi) is 8.87. The van der Waals surface area contributed by atoms with Gasteiger partial charge in [-0.2, -0.15) is 0 Å². The van der Waals surface area contributed by atoms with Crippen LogP contribution in [0.25, 0.3) is 18.2 Å². The molecule has 4 nitrogen and oxygen atoms in total. The molecule has 0 spiro atoms. The molecule has 0 radical (unpaired) electrons. The maximum Gasteiger partial charge on any atom is 0.330 e. The van der Waals surface area contributed by atoms with Gasteiger partial charge in [0.1, 0.15) is 0 Å². The van der Waals surface area contributed by atoms with Crippen LogP contribution in [0.5, 0.6) is 0 Å². The number of hydrogen-bond donors (Lipinski definition) is 0. The van der Waals surface area contributed by atoms with Crippen LogP contribution in [0.2, 0.25) is 0 Å². The van der Waals surface area contributed by atoms with Crippen LogP contribution in [-0.4, -0.2) is 19.0 Å². The van der Waals surface area contributed by atoms with E-state index in [1.54, 1.807) is 6.08 Å². The standard InChI is InChI=1S/C32H33NO3/c1-36-31(34)22-21-27-11-8-14-30(23-27)33(32(35)29-12-6-3-7-13-29)24-28-19-17-26(18-20-28)16-15-25-9-4-2-5-10-25/h2,4-5,8-11,14-23,29H,3,6-7,12-13,24H2,1H3/b16-15?,22-21+. The van der Waals surface area contributed by atoms with Crippen LogP contribution in [0.1, 0.15) is 54.4 Å². The summed E-state index contributed by atoms with van der Waals surface area (Å²) in [6, 6.07) is 26.3. The van der Waals surface area contributed by atoms with Crippen molar-refractivity contribution in [2.45, 2.75) is 38.6 Å². The van der Waals surface area contributed by atoms with Crippen molar-refractivity contribution >= 4 is 35.8 Å². The molecule has 0 heterocycles. The van der Waals surface area contributed by atoms with Crippen molar-refractivity contribution in [1.82, 2.24) is 0 Å². The molecule has 0 bridgehead atoms. The zero-order valence-corrected chi connectivity index (χ0v) is 20.8. The zero-order chi connectivity index (χ0) is 25.2. The number of carbonyl (C=O) groups excluding carboxylic acids is 2. The number of esters is 1. The SMILES string of the molecule is COC(=O)/C=C/c1cccc(N(Cc2ccc(C=Cc3ccccc3)cc2)C(=O)C2CCCCC2)c1. The van der Waals surface area contributed by atoms with E-state index in [1.165, 1.54) is 19.6 Å². The summed E-state index contributed by atoms with van der Waals surface area (Å²) < 4.78 is 4.70. The average Bonchev–Trinajstić information content (AvgIpc) is 2.95. The van der Waals surface area contributed by atoms with E-state index in [0.717, 1.165) is 53.6 Å². The van der Waals surface area contributed by atoms with Crippen molar-refractivity contribution in [3.8, 4) is 0 Å². The van der Waals surface area contributed by atoms with Gasteiger partial charge in [0.2, 0.25) is 5.91 Å². The Morgan fingerprint density at radius 1 is 0.806 bits per heavy atom. The molecule has 1 saturated carbocycles. The molecule has 0 N–H and O–H groups in total. The molecule has 0 aromatic heterocycles. The fraction of sp³-hybridized carbons (Fsp3) is 0.250. The lowest BCUT2D eigenvalue weighted by molar-refractivity contribution is -0.134. The number of benzene rings is 3. The number of amides is 1. The van der Waals surface area contributed by atoms with Crippen molar-refractivity contribution in [3.05, 3.63) is 107 Å². The number of methoxy groups -OCH3 is 1. The highest BCUT2D eigenvalue weighted by Crippen LogP contribution is 2.29. The Morgan fingerprint density at radius 2 is 1.47 bits per heavy atom. The number of rotatable bonds is 8. The number of hydrogen-bond acceptors (Lipinski definition) is 3. The van der Waals surface area contributed by atoms with E-state index in [1.807, 2.05) is 47.4 Å². The Balaban J connectivity index is 1.55. The maximum absolute atomic E-state index is 13.7. The van der Waals surface area contributed by atoms with Crippen LogP contribution in [0.3, 0.4) is 0 Å². The molecular formula is C32H33NO3. The smallest absolute Gasteiger partial charge is 0.330 e. The molecular weight excluding hydrogens is 446 g/mol. The molecule has 1 amide bonds. The minimum Gasteiger partial charge on any atom is -0.466 e. The lowest BCUT2D eigenvalue weighted by Gasteiger charge is -2.30. The second kappa shape index (κ2) is 12.7. The van der Waals surface area contributed by atoms with Gasteiger partial charge in [0.15, 0.2) is 0 Å². The Labute approximate surface area is 213 Å². The summed E-state index contributed by atoms with van der Waals surface area (Å²) in [6.45, 7) is 0.502. The predicted octanol–water partition coefficient (Wildman–Crippen LogP) is 7.16. The molecule has 0 aliphatic heterocycles. The summed E-state index contributed by atoms with van der Waals surface area (Å²) in [5.41, 5.74) is 5.03. The third-order valence-electron chi connectivity index (χ3n) is 6.60. The van der Waals surface area contributed by atoms with Crippen LogP contribution < -0.4 is 4.90 Å². The van der Waals surface area contributed by atoms with Gasteiger partial charge < -0.3 is 9.64 Å². The van der Waals surface area contributed by atoms with Gasteiger partial charge >= 0.3 is 5.97 Å². The van der Waals surface area contributed by atoms with E-state index in [4.69, 9.17) is 4.74 Å². The Morgan fingerprint density at radius 3 is 2.17 bits per heavy atom. The Bertz CT molecular complexity index is 1210. The van der Waals surface area contributed by atoms with Crippen LogP contribution in [0.15, 0.2) is 84.9 Å². The summed E-state index contributed by atoms with van der Waals surface area (Å²) in [5.74, 6) is -0.171. The fourth-order valence-electron chi connectivity index (χ4n) is 4.57. The van der Waals surface area contributed by atoms with Crippen LogP contribution >= 0.6 is 0 Å². The van der Waals surface area contributed by atoms with Gasteiger partial charge in [-0.3, -0.25) is 4.79 Å². The van der Waals surface area contributed by atoms with Gasteiger partial charge in [-0.05, 0) is 53.3 Å². The van der Waals surface area contributed by atoms with E-state index in [2.05, 4.69) is 48.6 Å². The second-order valence-electron chi connectivity index (χ2n) is 9.20. The van der Waals surface area contributed by atoms with Gasteiger partial charge in [-0.15, -0.1) is 0 Å². The van der Waals surface area contributed by atoms with Crippen molar-refractivity contribution in [2.75, 3.05) is 12.0 Å². The summed E-state index contributed by atoms with van der Waals surface area (Å²) >= 11 is 0. The van der Waals surface area contributed by atoms with E-state index >= 15 is 0 Å². The van der Waals surface area contributed by atoms with E-state index in [0.29, 0.717) is 6.54 Å². The normalized spacial score (nSPS) is 14.2. The first kappa shape index (κ1) is 25.2. The molecule has 36 heavy (non-hydrogen) atoms. The van der Waals surface area contributed by atoms with Crippen molar-refractivity contribution < 1.29 is 14.3 Å². The van der Waals surface area contributed by atoms with E-state index in [-0.39, 0.29) is 11.8 Å². The fourth-order valence-corrected chi connectivity index (χ4v) is 4.57. The molecule has 1 fully saturated rings. The van der Waals surface area contributed by atoms with E-state index in [9.17, 15) is 9.59 Å². The Hall–Kier alpha value is -3.92. The van der Waals surface area contributed by atoms with Crippen molar-refractivity contribution in [2.24, 2.45) is 5.92 Å². The molecule has 3 aromatic rings. The molecule has 4 rings (SSSR count). The number of nitrogens with zero attached hydrogens (tertiary/aromatic N) is 1. The topological polar surface area (TPSA) is 46.6 Å². The van der Waals surface area contributed by atoms with Crippen molar-refractivity contribution in [3.63, 3.8) is 0 Å². The van der Waals surface area contributed by atoms with Gasteiger partial charge in [-0.25, -0.2) is 4.79 Å². The molecule has 3 aromatic carbocycles. The number of ether oxygens (including phenoxy) is 1. The van der Waals surface area contributed by atoms with Crippen molar-refractivity contribution in [1.29, 1.82) is 0 Å². The molecule has 0 atom stereocenters. The summed E-state index contributed by atoms with van der Waals surface area (Å²) in [6.07, 6.45) is 12.6. The third kappa shape index (κ3) is 7.05. The molecule has 0 saturated heterocycles. The minimum atomic E-state index is -0.406. The third-order valence-corrected chi connectivity index (χ3v) is 6.60. The predicted molar refractivity (Wildman–Crippen MR) is 147 cm³/mol. The quantitative estimate of drug-likeness (QED) is 0.196. The highest BCUT2D eigenvalue weighted by Gasteiger charge is 2.27. The first-order valence-electron chi connectivity index (χ1n) is 12.6. The van der Waals surface area contributed by atoms with Crippen LogP contribution in [0.4, 0.5) is 5.69 Å². The molecule has 1 aliphatic rings. The summed E-state index contributed by atoms with van der Waals surface area (Å²) in [5, 5.41) is 0. The molecule has 4 heteroatoms. The molecule has 0 unspecified atom stereocenters. The maximum atomic E-state index is 13.7. The molecule has 1 aliphatic carbocycles. The first-order chi connectivity index (χ1) is 17.6. The monoisotopic (exact) mass is 479 g/mol. The average molecular weight is 480 g/mol. The van der Waals surface area contributed by atoms with E-state index < -0.39 is 5.97 Å². The first-order valence-corrected chi connectivity index (χ1v) is 12.6. The van der Waals surface area contributed by atoms with Crippen LogP contribution in [0, 0.1) is 5.92 Å². The highest BCUT2D eigenvalue weighted by atomic mass is 16.5. The van der Waals surface area contributed by atoms with Crippen LogP contribution in [-0.2, 0) is 20.9 Å². The minimum absolute atomic E-state index is 0.0566. The second-order valence-corrected chi connectivity index (χ2v) is 9.20. The molecule has 184 valence electrons. The van der Waals surface area contributed by atoms with Gasteiger partial charge in [0.25, 0.3) is 0 Å². The van der Waals surface area contributed by atoms with Gasteiger partial charge in [0, 0.05) is 17.7 Å². The van der Waals surface area contributed by atoms with Gasteiger partial charge in [0.05, 0.1) is 13.7 Å². The number of anilines is 1. The lowest BCUT2D eigenvalue weighted by Crippen LogP contribution is -2.36. The largest absolute Gasteiger partial charge is 0.466 e. The zero-order valence-electron chi connectivity index (χ0n) is 20.8. The summed E-state index contributed by atoms with van der Waals surface area (Å²) in [4.78, 5) is 27.1. The van der Waals surface area contributed by atoms with Gasteiger partial charge in [-0.1, -0.05) is 98.1 Å².